The highest BCUT2D eigenvalue weighted by atomic mass is 19.1. The number of piperazine rings is 1. The molecule has 1 amide bonds. The summed E-state index contributed by atoms with van der Waals surface area (Å²) < 4.78 is 24.5. The van der Waals surface area contributed by atoms with Crippen LogP contribution in [0.2, 0.25) is 0 Å². The second-order valence-electron chi connectivity index (χ2n) is 7.24. The summed E-state index contributed by atoms with van der Waals surface area (Å²) in [6, 6.07) is 13.7. The van der Waals surface area contributed by atoms with E-state index >= 15 is 0 Å². The third-order valence-electron chi connectivity index (χ3n) is 5.04. The van der Waals surface area contributed by atoms with Crippen molar-refractivity contribution in [2.24, 2.45) is 0 Å². The Morgan fingerprint density at radius 2 is 1.66 bits per heavy atom. The average Bonchev–Trinajstić information content (AvgIpc) is 2.71. The maximum absolute atomic E-state index is 13.2. The summed E-state index contributed by atoms with van der Waals surface area (Å²) in [5.41, 5.74) is 0.505. The van der Waals surface area contributed by atoms with Gasteiger partial charge in [-0.15, -0.1) is 0 Å². The minimum absolute atomic E-state index is 0.0760. The van der Waals surface area contributed by atoms with Gasteiger partial charge in [-0.2, -0.15) is 0 Å². The molecule has 0 bridgehead atoms. The molecule has 0 atom stereocenters. The van der Waals surface area contributed by atoms with Gasteiger partial charge in [0.05, 0.1) is 6.61 Å². The number of amides is 1. The molecule has 6 nitrogen and oxygen atoms in total. The summed E-state index contributed by atoms with van der Waals surface area (Å²) in [5.74, 6) is 1.28. The molecule has 3 rings (SSSR count). The van der Waals surface area contributed by atoms with E-state index in [0.29, 0.717) is 25.4 Å². The molecule has 0 aromatic heterocycles. The van der Waals surface area contributed by atoms with Crippen LogP contribution >= 0.6 is 0 Å². The predicted molar refractivity (Wildman–Crippen MR) is 109 cm³/mol. The SMILES string of the molecule is CCOc1ccc(OCC[NH+]2CC[NH+](CC(=O)Nc3cccc(F)c3)CC2)cc1. The van der Waals surface area contributed by atoms with Crippen LogP contribution < -0.4 is 24.6 Å². The van der Waals surface area contributed by atoms with Gasteiger partial charge in [-0.25, -0.2) is 4.39 Å². The fraction of sp³-hybridized carbons (Fsp3) is 0.409. The van der Waals surface area contributed by atoms with Crippen LogP contribution in [0.25, 0.3) is 0 Å². The number of halogens is 1. The zero-order valence-corrected chi connectivity index (χ0v) is 16.9. The first-order valence-corrected chi connectivity index (χ1v) is 10.2. The molecule has 0 radical (unpaired) electrons. The number of rotatable bonds is 9. The first-order valence-electron chi connectivity index (χ1n) is 10.2. The molecule has 0 saturated carbocycles. The van der Waals surface area contributed by atoms with Gasteiger partial charge in [0, 0.05) is 5.69 Å². The van der Waals surface area contributed by atoms with Crippen LogP contribution in [-0.4, -0.2) is 58.4 Å². The summed E-state index contributed by atoms with van der Waals surface area (Å²) in [7, 11) is 0. The number of hydrogen-bond donors (Lipinski definition) is 3. The van der Waals surface area contributed by atoms with Crippen LogP contribution in [0.1, 0.15) is 6.92 Å². The molecule has 2 aromatic rings. The number of quaternary nitrogens is 2. The minimum Gasteiger partial charge on any atom is -0.494 e. The Balaban J connectivity index is 1.32. The van der Waals surface area contributed by atoms with Crippen molar-refractivity contribution in [3.63, 3.8) is 0 Å². The van der Waals surface area contributed by atoms with E-state index in [1.807, 2.05) is 31.2 Å². The van der Waals surface area contributed by atoms with E-state index < -0.39 is 0 Å². The third kappa shape index (κ3) is 7.03. The number of anilines is 1. The van der Waals surface area contributed by atoms with Crippen molar-refractivity contribution >= 4 is 11.6 Å². The highest BCUT2D eigenvalue weighted by Gasteiger charge is 2.24. The molecule has 156 valence electrons. The van der Waals surface area contributed by atoms with Gasteiger partial charge in [0.25, 0.3) is 5.91 Å². The Hall–Kier alpha value is -2.64. The number of carbonyl (C=O) groups excluding carboxylic acids is 1. The smallest absolute Gasteiger partial charge is 0.279 e. The number of benzene rings is 2. The Morgan fingerprint density at radius 3 is 2.31 bits per heavy atom. The van der Waals surface area contributed by atoms with Crippen molar-refractivity contribution in [3.8, 4) is 11.5 Å². The van der Waals surface area contributed by atoms with E-state index in [1.54, 1.807) is 12.1 Å². The van der Waals surface area contributed by atoms with E-state index in [9.17, 15) is 9.18 Å². The zero-order chi connectivity index (χ0) is 20.5. The molecular formula is C22H30FN3O3+2. The van der Waals surface area contributed by atoms with Gasteiger partial charge >= 0.3 is 0 Å². The second-order valence-corrected chi connectivity index (χ2v) is 7.24. The molecule has 0 spiro atoms. The van der Waals surface area contributed by atoms with Gasteiger partial charge in [0.1, 0.15) is 56.6 Å². The van der Waals surface area contributed by atoms with Crippen LogP contribution in [0.5, 0.6) is 11.5 Å². The van der Waals surface area contributed by atoms with Gasteiger partial charge in [-0.3, -0.25) is 4.79 Å². The molecular weight excluding hydrogens is 373 g/mol. The van der Waals surface area contributed by atoms with Gasteiger partial charge in [-0.1, -0.05) is 6.07 Å². The Morgan fingerprint density at radius 1 is 1.00 bits per heavy atom. The predicted octanol–water partition coefficient (Wildman–Crippen LogP) is 0.0253. The van der Waals surface area contributed by atoms with Crippen LogP contribution in [0, 0.1) is 5.82 Å². The van der Waals surface area contributed by atoms with Crippen molar-refractivity contribution < 1.29 is 28.5 Å². The largest absolute Gasteiger partial charge is 0.494 e. The molecule has 0 unspecified atom stereocenters. The van der Waals surface area contributed by atoms with E-state index in [2.05, 4.69) is 5.32 Å². The molecule has 1 saturated heterocycles. The lowest BCUT2D eigenvalue weighted by Gasteiger charge is -2.29. The lowest BCUT2D eigenvalue weighted by molar-refractivity contribution is -1.01. The van der Waals surface area contributed by atoms with Crippen molar-refractivity contribution in [1.82, 2.24) is 0 Å². The highest BCUT2D eigenvalue weighted by molar-refractivity contribution is 5.91. The summed E-state index contributed by atoms with van der Waals surface area (Å²) in [5, 5.41) is 2.77. The quantitative estimate of drug-likeness (QED) is 0.554. The number of carbonyl (C=O) groups is 1. The standard InChI is InChI=1S/C22H28FN3O3/c1-2-28-20-6-8-21(9-7-20)29-15-14-25-10-12-26(13-11-25)17-22(27)24-19-5-3-4-18(23)16-19/h3-9,16H,2,10-15,17H2,1H3,(H,24,27)/p+2. The van der Waals surface area contributed by atoms with Gasteiger partial charge < -0.3 is 24.6 Å². The fourth-order valence-electron chi connectivity index (χ4n) is 3.49. The maximum Gasteiger partial charge on any atom is 0.279 e. The van der Waals surface area contributed by atoms with E-state index in [4.69, 9.17) is 9.47 Å². The van der Waals surface area contributed by atoms with E-state index in [-0.39, 0.29) is 11.7 Å². The molecule has 1 aliphatic rings. The average molecular weight is 403 g/mol. The van der Waals surface area contributed by atoms with Crippen LogP contribution in [0.3, 0.4) is 0 Å². The Kier molecular flexibility index (Phi) is 7.84. The maximum atomic E-state index is 13.2. The molecule has 29 heavy (non-hydrogen) atoms. The lowest BCUT2D eigenvalue weighted by Crippen LogP contribution is -3.28. The normalized spacial score (nSPS) is 18.8. The summed E-state index contributed by atoms with van der Waals surface area (Å²) in [6.07, 6.45) is 0. The topological polar surface area (TPSA) is 56.4 Å². The molecule has 1 aliphatic heterocycles. The second kappa shape index (κ2) is 10.8. The van der Waals surface area contributed by atoms with Crippen LogP contribution in [0.4, 0.5) is 10.1 Å². The van der Waals surface area contributed by atoms with Crippen molar-refractivity contribution in [3.05, 3.63) is 54.3 Å². The molecule has 0 aliphatic carbocycles. The third-order valence-corrected chi connectivity index (χ3v) is 5.04. The molecule has 2 aromatic carbocycles. The van der Waals surface area contributed by atoms with Crippen molar-refractivity contribution in [2.75, 3.05) is 57.8 Å². The monoisotopic (exact) mass is 403 g/mol. The van der Waals surface area contributed by atoms with Gasteiger partial charge in [0.2, 0.25) is 0 Å². The number of hydrogen-bond acceptors (Lipinski definition) is 3. The molecule has 7 heteroatoms. The molecule has 3 N–H and O–H groups in total. The zero-order valence-electron chi connectivity index (χ0n) is 16.9. The lowest BCUT2D eigenvalue weighted by atomic mass is 10.3. The summed E-state index contributed by atoms with van der Waals surface area (Å²) in [4.78, 5) is 14.9. The van der Waals surface area contributed by atoms with Gasteiger partial charge in [-0.05, 0) is 49.4 Å². The number of nitrogens with one attached hydrogen (secondary N) is 3. The fourth-order valence-corrected chi connectivity index (χ4v) is 3.49. The molecule has 1 heterocycles. The van der Waals surface area contributed by atoms with E-state index in [0.717, 1.165) is 44.2 Å². The van der Waals surface area contributed by atoms with Crippen LogP contribution in [-0.2, 0) is 4.79 Å². The Labute approximate surface area is 171 Å². The molecule has 1 fully saturated rings. The summed E-state index contributed by atoms with van der Waals surface area (Å²) >= 11 is 0. The van der Waals surface area contributed by atoms with E-state index in [1.165, 1.54) is 21.9 Å². The first kappa shape index (κ1) is 21.1. The highest BCUT2D eigenvalue weighted by Crippen LogP contribution is 2.17. The minimum atomic E-state index is -0.347. The van der Waals surface area contributed by atoms with Gasteiger partial charge in [0.15, 0.2) is 6.54 Å². The van der Waals surface area contributed by atoms with Crippen molar-refractivity contribution in [2.45, 2.75) is 6.92 Å². The summed E-state index contributed by atoms with van der Waals surface area (Å²) in [6.45, 7) is 8.53. The van der Waals surface area contributed by atoms with Crippen molar-refractivity contribution in [1.29, 1.82) is 0 Å². The van der Waals surface area contributed by atoms with Crippen LogP contribution in [0.15, 0.2) is 48.5 Å². The Bertz CT molecular complexity index is 777. The number of ether oxygens (including phenoxy) is 2. The first-order chi connectivity index (χ1) is 14.1.